The highest BCUT2D eigenvalue weighted by atomic mass is 19.2. The van der Waals surface area contributed by atoms with Crippen LogP contribution < -0.4 is 10.1 Å². The number of carbonyl (C=O) groups excluding carboxylic acids is 1. The van der Waals surface area contributed by atoms with Crippen LogP contribution in [0.5, 0.6) is 5.75 Å². The number of nitrogens with one attached hydrogen (secondary N) is 1. The van der Waals surface area contributed by atoms with Crippen LogP contribution in [0.4, 0.5) is 27.6 Å². The van der Waals surface area contributed by atoms with Gasteiger partial charge in [0.25, 0.3) is 5.91 Å². The Bertz CT molecular complexity index is 1040. The topological polar surface area (TPSA) is 51.5 Å². The average Bonchev–Trinajstić information content (AvgIpc) is 3.17. The molecule has 1 N–H and O–H groups in total. The van der Waals surface area contributed by atoms with Crippen LogP contribution in [-0.4, -0.2) is 5.91 Å². The van der Waals surface area contributed by atoms with Crippen molar-refractivity contribution in [2.45, 2.75) is 20.5 Å². The number of ether oxygens (including phenoxy) is 1. The lowest BCUT2D eigenvalue weighted by molar-refractivity contribution is 0.0992. The molecule has 1 heterocycles. The van der Waals surface area contributed by atoms with E-state index in [0.717, 1.165) is 11.1 Å². The fourth-order valence-electron chi connectivity index (χ4n) is 2.62. The van der Waals surface area contributed by atoms with Crippen molar-refractivity contribution in [2.75, 3.05) is 5.32 Å². The van der Waals surface area contributed by atoms with E-state index in [-0.39, 0.29) is 11.5 Å². The van der Waals surface area contributed by atoms with Crippen molar-refractivity contribution < 1.29 is 35.9 Å². The number of aryl methyl sites for hydroxylation is 2. The molecule has 2 aromatic carbocycles. The van der Waals surface area contributed by atoms with Gasteiger partial charge in [0.15, 0.2) is 11.5 Å². The van der Waals surface area contributed by atoms with Gasteiger partial charge in [-0.1, -0.05) is 18.2 Å². The van der Waals surface area contributed by atoms with E-state index in [1.54, 1.807) is 0 Å². The molecule has 3 rings (SSSR count). The summed E-state index contributed by atoms with van der Waals surface area (Å²) in [6, 6.07) is 8.04. The molecule has 0 saturated heterocycles. The molecule has 0 unspecified atom stereocenters. The third-order valence-corrected chi connectivity index (χ3v) is 4.13. The number of para-hydroxylation sites is 1. The molecular weight excluding hydrogens is 397 g/mol. The SMILES string of the molecule is Cc1cccc(C)c1NC(=O)c1ccc(COc2c(F)c(F)c(F)c(F)c2F)o1. The summed E-state index contributed by atoms with van der Waals surface area (Å²) in [5.74, 6) is -12.9. The molecule has 3 aromatic rings. The molecular formula is C20H14F5NO3. The van der Waals surface area contributed by atoms with Gasteiger partial charge in [0, 0.05) is 5.69 Å². The maximum absolute atomic E-state index is 13.6. The predicted molar refractivity (Wildman–Crippen MR) is 93.1 cm³/mol. The average molecular weight is 411 g/mol. The van der Waals surface area contributed by atoms with Crippen LogP contribution in [-0.2, 0) is 6.61 Å². The molecule has 9 heteroatoms. The zero-order chi connectivity index (χ0) is 21.3. The van der Waals surface area contributed by atoms with Gasteiger partial charge in [-0.25, -0.2) is 13.2 Å². The minimum Gasteiger partial charge on any atom is -0.479 e. The van der Waals surface area contributed by atoms with E-state index in [1.807, 2.05) is 32.0 Å². The third kappa shape index (κ3) is 3.94. The third-order valence-electron chi connectivity index (χ3n) is 4.13. The molecule has 0 aliphatic carbocycles. The smallest absolute Gasteiger partial charge is 0.291 e. The first-order valence-corrected chi connectivity index (χ1v) is 8.31. The highest BCUT2D eigenvalue weighted by molar-refractivity contribution is 6.03. The van der Waals surface area contributed by atoms with Crippen LogP contribution in [0.2, 0.25) is 0 Å². The lowest BCUT2D eigenvalue weighted by Crippen LogP contribution is -2.13. The molecule has 29 heavy (non-hydrogen) atoms. The summed E-state index contributed by atoms with van der Waals surface area (Å²) in [6.45, 7) is 2.97. The second-order valence-electron chi connectivity index (χ2n) is 6.17. The summed E-state index contributed by atoms with van der Waals surface area (Å²) in [5, 5.41) is 2.69. The van der Waals surface area contributed by atoms with Gasteiger partial charge in [0.1, 0.15) is 12.4 Å². The van der Waals surface area contributed by atoms with Crippen LogP contribution >= 0.6 is 0 Å². The molecule has 0 fully saturated rings. The Balaban J connectivity index is 1.74. The number of benzene rings is 2. The van der Waals surface area contributed by atoms with Gasteiger partial charge in [0.2, 0.25) is 29.1 Å². The maximum Gasteiger partial charge on any atom is 0.291 e. The Labute approximate surface area is 161 Å². The molecule has 4 nitrogen and oxygen atoms in total. The summed E-state index contributed by atoms with van der Waals surface area (Å²) < 4.78 is 76.6. The zero-order valence-corrected chi connectivity index (χ0v) is 15.2. The van der Waals surface area contributed by atoms with Crippen molar-refractivity contribution in [3.05, 3.63) is 82.1 Å². The normalized spacial score (nSPS) is 10.9. The number of halogens is 5. The van der Waals surface area contributed by atoms with E-state index in [9.17, 15) is 26.7 Å². The Morgan fingerprint density at radius 1 is 0.897 bits per heavy atom. The monoisotopic (exact) mass is 411 g/mol. The van der Waals surface area contributed by atoms with Crippen LogP contribution in [0.3, 0.4) is 0 Å². The van der Waals surface area contributed by atoms with E-state index in [4.69, 9.17) is 9.15 Å². The Kier molecular flexibility index (Phi) is 5.58. The molecule has 1 amide bonds. The summed E-state index contributed by atoms with van der Waals surface area (Å²) in [5.41, 5.74) is 2.27. The second-order valence-corrected chi connectivity index (χ2v) is 6.17. The number of anilines is 1. The number of furan rings is 1. The molecule has 0 bridgehead atoms. The first-order valence-electron chi connectivity index (χ1n) is 8.31. The van der Waals surface area contributed by atoms with Gasteiger partial charge in [-0.2, -0.15) is 8.78 Å². The minimum absolute atomic E-state index is 0.0550. The molecule has 152 valence electrons. The van der Waals surface area contributed by atoms with Crippen molar-refractivity contribution >= 4 is 11.6 Å². The zero-order valence-electron chi connectivity index (χ0n) is 15.2. The maximum atomic E-state index is 13.6. The van der Waals surface area contributed by atoms with Gasteiger partial charge in [-0.3, -0.25) is 4.79 Å². The first kappa shape index (κ1) is 20.4. The van der Waals surface area contributed by atoms with E-state index >= 15 is 0 Å². The molecule has 1 aromatic heterocycles. The van der Waals surface area contributed by atoms with Gasteiger partial charge in [0.05, 0.1) is 0 Å². The molecule has 0 aliphatic rings. The van der Waals surface area contributed by atoms with E-state index < -0.39 is 47.3 Å². The Morgan fingerprint density at radius 3 is 2.03 bits per heavy atom. The van der Waals surface area contributed by atoms with E-state index in [2.05, 4.69) is 5.32 Å². The van der Waals surface area contributed by atoms with E-state index in [0.29, 0.717) is 5.69 Å². The number of hydrogen-bond donors (Lipinski definition) is 1. The van der Waals surface area contributed by atoms with Crippen molar-refractivity contribution in [3.63, 3.8) is 0 Å². The summed E-state index contributed by atoms with van der Waals surface area (Å²) in [7, 11) is 0. The molecule has 0 spiro atoms. The Hall–Kier alpha value is -3.36. The highest BCUT2D eigenvalue weighted by Gasteiger charge is 2.27. The first-order chi connectivity index (χ1) is 13.7. The molecule has 0 saturated carbocycles. The van der Waals surface area contributed by atoms with E-state index in [1.165, 1.54) is 12.1 Å². The molecule has 0 atom stereocenters. The van der Waals surface area contributed by atoms with Gasteiger partial charge in [-0.05, 0) is 37.1 Å². The summed E-state index contributed by atoms with van der Waals surface area (Å²) in [4.78, 5) is 12.3. The van der Waals surface area contributed by atoms with Crippen molar-refractivity contribution in [3.8, 4) is 5.75 Å². The fourth-order valence-corrected chi connectivity index (χ4v) is 2.62. The van der Waals surface area contributed by atoms with Crippen molar-refractivity contribution in [1.29, 1.82) is 0 Å². The predicted octanol–water partition coefficient (Wildman–Crippen LogP) is 5.42. The van der Waals surface area contributed by atoms with Crippen LogP contribution in [0.1, 0.15) is 27.4 Å². The van der Waals surface area contributed by atoms with Crippen molar-refractivity contribution in [1.82, 2.24) is 0 Å². The Morgan fingerprint density at radius 2 is 1.45 bits per heavy atom. The van der Waals surface area contributed by atoms with Crippen LogP contribution in [0.25, 0.3) is 0 Å². The molecule has 0 radical (unpaired) electrons. The lowest BCUT2D eigenvalue weighted by Gasteiger charge is -2.10. The number of rotatable bonds is 5. The summed E-state index contributed by atoms with van der Waals surface area (Å²) >= 11 is 0. The van der Waals surface area contributed by atoms with Gasteiger partial charge < -0.3 is 14.5 Å². The van der Waals surface area contributed by atoms with Gasteiger partial charge >= 0.3 is 0 Å². The number of carbonyl (C=O) groups is 1. The minimum atomic E-state index is -2.28. The standard InChI is InChI=1S/C20H14F5NO3/c1-9-4-3-5-10(2)18(9)26-20(27)12-7-6-11(29-12)8-28-19-16(24)14(22)13(21)15(23)17(19)25/h3-7H,8H2,1-2H3,(H,26,27). The van der Waals surface area contributed by atoms with Crippen LogP contribution in [0, 0.1) is 42.9 Å². The van der Waals surface area contributed by atoms with Gasteiger partial charge in [-0.15, -0.1) is 0 Å². The second kappa shape index (κ2) is 7.94. The lowest BCUT2D eigenvalue weighted by atomic mass is 10.1. The van der Waals surface area contributed by atoms with Crippen LogP contribution in [0.15, 0.2) is 34.7 Å². The fraction of sp³-hybridized carbons (Fsp3) is 0.150. The summed E-state index contributed by atoms with van der Waals surface area (Å²) in [6.07, 6.45) is 0. The number of hydrogen-bond acceptors (Lipinski definition) is 3. The quantitative estimate of drug-likeness (QED) is 0.346. The van der Waals surface area contributed by atoms with Crippen molar-refractivity contribution in [2.24, 2.45) is 0 Å². The molecule has 0 aliphatic heterocycles. The highest BCUT2D eigenvalue weighted by Crippen LogP contribution is 2.30. The largest absolute Gasteiger partial charge is 0.479 e. The number of amides is 1.